The van der Waals surface area contributed by atoms with Gasteiger partial charge in [-0.3, -0.25) is 4.90 Å². The first kappa shape index (κ1) is 19.1. The molecule has 2 aromatic carbocycles. The zero-order valence-electron chi connectivity index (χ0n) is 17.1. The summed E-state index contributed by atoms with van der Waals surface area (Å²) in [6, 6.07) is 17.8. The molecule has 1 heterocycles. The molecule has 4 nitrogen and oxygen atoms in total. The highest BCUT2D eigenvalue weighted by atomic mass is 16.5. The van der Waals surface area contributed by atoms with Gasteiger partial charge in [0.1, 0.15) is 11.5 Å². The number of methoxy groups -OCH3 is 2. The van der Waals surface area contributed by atoms with Crippen LogP contribution in [0.3, 0.4) is 0 Å². The van der Waals surface area contributed by atoms with Crippen molar-refractivity contribution >= 4 is 5.69 Å². The summed E-state index contributed by atoms with van der Waals surface area (Å²) in [6.45, 7) is 4.45. The Kier molecular flexibility index (Phi) is 6.06. The summed E-state index contributed by atoms with van der Waals surface area (Å²) in [5.74, 6) is 2.64. The maximum Gasteiger partial charge on any atom is 0.142 e. The van der Waals surface area contributed by atoms with E-state index in [1.165, 1.54) is 36.9 Å². The molecule has 150 valence electrons. The fourth-order valence-corrected chi connectivity index (χ4v) is 4.89. The van der Waals surface area contributed by atoms with Crippen LogP contribution in [-0.2, 0) is 0 Å². The molecule has 1 saturated heterocycles. The molecule has 0 aromatic heterocycles. The van der Waals surface area contributed by atoms with E-state index in [1.54, 1.807) is 14.2 Å². The second-order valence-corrected chi connectivity index (χ2v) is 7.98. The number of piperazine rings is 1. The van der Waals surface area contributed by atoms with Crippen LogP contribution >= 0.6 is 0 Å². The quantitative estimate of drug-likeness (QED) is 0.760. The first-order valence-electron chi connectivity index (χ1n) is 10.5. The van der Waals surface area contributed by atoms with E-state index in [9.17, 15) is 0 Å². The number of rotatable bonds is 5. The van der Waals surface area contributed by atoms with Crippen LogP contribution in [0.25, 0.3) is 0 Å². The van der Waals surface area contributed by atoms with Crippen LogP contribution < -0.4 is 14.4 Å². The van der Waals surface area contributed by atoms with E-state index >= 15 is 0 Å². The largest absolute Gasteiger partial charge is 0.497 e. The van der Waals surface area contributed by atoms with Crippen molar-refractivity contribution in [2.75, 3.05) is 45.3 Å². The zero-order valence-corrected chi connectivity index (χ0v) is 17.1. The molecule has 0 radical (unpaired) electrons. The van der Waals surface area contributed by atoms with Gasteiger partial charge in [-0.2, -0.15) is 0 Å². The molecule has 28 heavy (non-hydrogen) atoms. The first-order valence-corrected chi connectivity index (χ1v) is 10.5. The minimum atomic E-state index is 0.682. The molecular weight excluding hydrogens is 348 g/mol. The first-order chi connectivity index (χ1) is 13.8. The Hall–Kier alpha value is -2.20. The summed E-state index contributed by atoms with van der Waals surface area (Å²) >= 11 is 0. The monoisotopic (exact) mass is 380 g/mol. The van der Waals surface area contributed by atoms with Gasteiger partial charge in [0.05, 0.1) is 19.9 Å². The topological polar surface area (TPSA) is 24.9 Å². The molecule has 0 N–H and O–H groups in total. The maximum absolute atomic E-state index is 5.55. The van der Waals surface area contributed by atoms with Crippen molar-refractivity contribution < 1.29 is 9.47 Å². The average Bonchev–Trinajstić information content (AvgIpc) is 2.79. The standard InChI is InChI=1S/C24H32N2O2/c1-27-22-7-5-6-20(18-22)19-10-12-21(13-11-19)25-14-16-26(17-15-25)23-8-3-4-9-24(23)28-2/h3-9,18-19,21H,10-17H2,1-2H3. The Labute approximate surface area is 169 Å². The molecule has 0 bridgehead atoms. The smallest absolute Gasteiger partial charge is 0.142 e. The van der Waals surface area contributed by atoms with Gasteiger partial charge in [0.15, 0.2) is 0 Å². The van der Waals surface area contributed by atoms with Gasteiger partial charge in [0.25, 0.3) is 0 Å². The lowest BCUT2D eigenvalue weighted by Crippen LogP contribution is -2.51. The molecule has 4 rings (SSSR count). The fourth-order valence-electron chi connectivity index (χ4n) is 4.89. The summed E-state index contributed by atoms with van der Waals surface area (Å²) in [6.07, 6.45) is 5.17. The second kappa shape index (κ2) is 8.87. The van der Waals surface area contributed by atoms with Crippen LogP contribution in [0.1, 0.15) is 37.2 Å². The number of ether oxygens (including phenoxy) is 2. The fraction of sp³-hybridized carbons (Fsp3) is 0.500. The van der Waals surface area contributed by atoms with Crippen LogP contribution in [0.2, 0.25) is 0 Å². The van der Waals surface area contributed by atoms with Crippen LogP contribution in [0.15, 0.2) is 48.5 Å². The Balaban J connectivity index is 1.30. The third kappa shape index (κ3) is 4.12. The van der Waals surface area contributed by atoms with Gasteiger partial charge < -0.3 is 14.4 Å². The number of para-hydroxylation sites is 2. The van der Waals surface area contributed by atoms with Gasteiger partial charge >= 0.3 is 0 Å². The van der Waals surface area contributed by atoms with Crippen molar-refractivity contribution in [3.05, 3.63) is 54.1 Å². The number of hydrogen-bond acceptors (Lipinski definition) is 4. The van der Waals surface area contributed by atoms with Crippen molar-refractivity contribution in [2.45, 2.75) is 37.6 Å². The predicted molar refractivity (Wildman–Crippen MR) is 115 cm³/mol. The molecule has 1 aliphatic carbocycles. The predicted octanol–water partition coefficient (Wildman–Crippen LogP) is 4.55. The molecule has 4 heteroatoms. The minimum Gasteiger partial charge on any atom is -0.497 e. The lowest BCUT2D eigenvalue weighted by atomic mass is 9.81. The summed E-state index contributed by atoms with van der Waals surface area (Å²) in [7, 11) is 3.51. The lowest BCUT2D eigenvalue weighted by molar-refractivity contribution is 0.141. The number of benzene rings is 2. The molecule has 1 aliphatic heterocycles. The van der Waals surface area contributed by atoms with Crippen molar-refractivity contribution in [1.82, 2.24) is 4.90 Å². The number of anilines is 1. The number of nitrogens with zero attached hydrogens (tertiary/aromatic N) is 2. The van der Waals surface area contributed by atoms with E-state index in [0.29, 0.717) is 5.92 Å². The molecular formula is C24H32N2O2. The minimum absolute atomic E-state index is 0.682. The maximum atomic E-state index is 5.55. The van der Waals surface area contributed by atoms with Crippen LogP contribution in [0.5, 0.6) is 11.5 Å². The Morgan fingerprint density at radius 3 is 2.25 bits per heavy atom. The van der Waals surface area contributed by atoms with Gasteiger partial charge in [-0.15, -0.1) is 0 Å². The summed E-state index contributed by atoms with van der Waals surface area (Å²) in [5.41, 5.74) is 2.67. The highest BCUT2D eigenvalue weighted by Crippen LogP contribution is 2.36. The molecule has 0 unspecified atom stereocenters. The normalized spacial score (nSPS) is 23.4. The van der Waals surface area contributed by atoms with Crippen molar-refractivity contribution in [2.24, 2.45) is 0 Å². The van der Waals surface area contributed by atoms with Crippen molar-refractivity contribution in [1.29, 1.82) is 0 Å². The van der Waals surface area contributed by atoms with Gasteiger partial charge in [0.2, 0.25) is 0 Å². The van der Waals surface area contributed by atoms with Gasteiger partial charge in [-0.1, -0.05) is 24.3 Å². The molecule has 2 fully saturated rings. The summed E-state index contributed by atoms with van der Waals surface area (Å²) in [5, 5.41) is 0. The highest BCUT2D eigenvalue weighted by Gasteiger charge is 2.29. The van der Waals surface area contributed by atoms with Crippen LogP contribution in [0.4, 0.5) is 5.69 Å². The SMILES string of the molecule is COc1cccc(C2CCC(N3CCN(c4ccccc4OC)CC3)CC2)c1. The van der Waals surface area contributed by atoms with E-state index in [0.717, 1.165) is 43.7 Å². The van der Waals surface area contributed by atoms with Gasteiger partial charge in [0, 0.05) is 32.2 Å². The summed E-state index contributed by atoms with van der Waals surface area (Å²) in [4.78, 5) is 5.19. The van der Waals surface area contributed by atoms with E-state index in [-0.39, 0.29) is 0 Å². The van der Waals surface area contributed by atoms with Crippen LogP contribution in [-0.4, -0.2) is 51.3 Å². The second-order valence-electron chi connectivity index (χ2n) is 7.98. The zero-order chi connectivity index (χ0) is 19.3. The van der Waals surface area contributed by atoms with Crippen molar-refractivity contribution in [3.63, 3.8) is 0 Å². The molecule has 2 aromatic rings. The van der Waals surface area contributed by atoms with E-state index in [4.69, 9.17) is 9.47 Å². The molecule has 1 saturated carbocycles. The average molecular weight is 381 g/mol. The molecule has 2 aliphatic rings. The van der Waals surface area contributed by atoms with E-state index in [2.05, 4.69) is 46.2 Å². The molecule has 0 spiro atoms. The van der Waals surface area contributed by atoms with Crippen LogP contribution in [0, 0.1) is 0 Å². The third-order valence-corrected chi connectivity index (χ3v) is 6.52. The Morgan fingerprint density at radius 2 is 1.54 bits per heavy atom. The third-order valence-electron chi connectivity index (χ3n) is 6.52. The summed E-state index contributed by atoms with van der Waals surface area (Å²) < 4.78 is 11.0. The highest BCUT2D eigenvalue weighted by molar-refractivity contribution is 5.58. The molecule has 0 atom stereocenters. The van der Waals surface area contributed by atoms with Crippen molar-refractivity contribution in [3.8, 4) is 11.5 Å². The van der Waals surface area contributed by atoms with Gasteiger partial charge in [-0.05, 0) is 61.4 Å². The number of hydrogen-bond donors (Lipinski definition) is 0. The van der Waals surface area contributed by atoms with E-state index in [1.807, 2.05) is 12.1 Å². The molecule has 0 amide bonds. The Morgan fingerprint density at radius 1 is 0.786 bits per heavy atom. The Bertz CT molecular complexity index is 763. The van der Waals surface area contributed by atoms with E-state index < -0.39 is 0 Å². The van der Waals surface area contributed by atoms with Gasteiger partial charge in [-0.25, -0.2) is 0 Å². The lowest BCUT2D eigenvalue weighted by Gasteiger charge is -2.43.